The molecule has 1 saturated heterocycles. The summed E-state index contributed by atoms with van der Waals surface area (Å²) < 4.78 is 45.9. The zero-order valence-electron chi connectivity index (χ0n) is 20.6. The highest BCUT2D eigenvalue weighted by molar-refractivity contribution is 6.12. The van der Waals surface area contributed by atoms with E-state index in [0.717, 1.165) is 35.4 Å². The molecule has 0 aromatic heterocycles. The number of alkyl halides is 3. The van der Waals surface area contributed by atoms with Gasteiger partial charge in [0.1, 0.15) is 5.54 Å². The van der Waals surface area contributed by atoms with Gasteiger partial charge in [-0.25, -0.2) is 0 Å². The van der Waals surface area contributed by atoms with Crippen molar-refractivity contribution in [2.75, 3.05) is 16.9 Å². The minimum Gasteiger partial charge on any atom is -0.469 e. The number of nitriles is 1. The minimum absolute atomic E-state index is 0.123. The average Bonchev–Trinajstić information content (AvgIpc) is 3.43. The van der Waals surface area contributed by atoms with Crippen LogP contribution in [-0.4, -0.2) is 30.2 Å². The molecule has 2 aromatic rings. The van der Waals surface area contributed by atoms with E-state index in [1.807, 2.05) is 37.3 Å². The molecule has 3 aliphatic rings. The maximum atomic E-state index is 14.0. The van der Waals surface area contributed by atoms with E-state index in [1.54, 1.807) is 6.07 Å². The number of anilines is 2. The fourth-order valence-electron chi connectivity index (χ4n) is 5.69. The molecule has 2 aromatic carbocycles. The first-order valence-electron chi connectivity index (χ1n) is 12.2. The highest BCUT2D eigenvalue weighted by Gasteiger charge is 2.71. The first-order valence-corrected chi connectivity index (χ1v) is 12.2. The zero-order chi connectivity index (χ0) is 26.6. The summed E-state index contributed by atoms with van der Waals surface area (Å²) in [5.74, 6) is -0.486. The number of amides is 1. The third-order valence-electron chi connectivity index (χ3n) is 7.76. The number of rotatable bonds is 6. The lowest BCUT2D eigenvalue weighted by atomic mass is 9.75. The van der Waals surface area contributed by atoms with Gasteiger partial charge >= 0.3 is 12.1 Å². The molecular formula is C28H26F3N3O3. The summed E-state index contributed by atoms with van der Waals surface area (Å²) in [5.41, 5.74) is -0.475. The third kappa shape index (κ3) is 3.78. The maximum Gasteiger partial charge on any atom is 0.417 e. The number of carbonyl (C=O) groups is 2. The smallest absolute Gasteiger partial charge is 0.417 e. The van der Waals surface area contributed by atoms with Crippen LogP contribution in [0.4, 0.5) is 24.5 Å². The molecule has 2 spiro atoms. The second-order valence-electron chi connectivity index (χ2n) is 9.85. The molecule has 1 atom stereocenters. The van der Waals surface area contributed by atoms with Crippen molar-refractivity contribution in [1.82, 2.24) is 0 Å². The Hall–Kier alpha value is -3.80. The normalized spacial score (nSPS) is 21.6. The number of esters is 1. The number of benzene rings is 2. The number of halogens is 3. The van der Waals surface area contributed by atoms with Crippen LogP contribution in [0, 0.1) is 11.3 Å². The molecule has 192 valence electrons. The fraction of sp³-hybridized carbons (Fsp3) is 0.393. The van der Waals surface area contributed by atoms with Gasteiger partial charge in [-0.3, -0.25) is 14.5 Å². The molecule has 0 radical (unpaired) electrons. The van der Waals surface area contributed by atoms with Crippen LogP contribution >= 0.6 is 0 Å². The second kappa shape index (κ2) is 8.65. The summed E-state index contributed by atoms with van der Waals surface area (Å²) in [6.07, 6.45) is 0.916. The lowest BCUT2D eigenvalue weighted by Gasteiger charge is -2.46. The molecule has 9 heteroatoms. The van der Waals surface area contributed by atoms with Crippen LogP contribution in [-0.2, 0) is 26.9 Å². The Morgan fingerprint density at radius 2 is 1.78 bits per heavy atom. The van der Waals surface area contributed by atoms with E-state index in [9.17, 15) is 28.0 Å². The Kier molecular flexibility index (Phi) is 5.81. The number of nitrogens with zero attached hydrogens (tertiary/aromatic N) is 3. The number of aryl methyl sites for hydroxylation is 1. The van der Waals surface area contributed by atoms with E-state index in [1.165, 1.54) is 18.1 Å². The second-order valence-corrected chi connectivity index (χ2v) is 9.85. The van der Waals surface area contributed by atoms with Crippen molar-refractivity contribution < 1.29 is 27.5 Å². The number of methoxy groups -OCH3 is 1. The van der Waals surface area contributed by atoms with Crippen LogP contribution in [0.1, 0.15) is 55.7 Å². The Morgan fingerprint density at radius 3 is 2.30 bits per heavy atom. The van der Waals surface area contributed by atoms with Crippen molar-refractivity contribution in [1.29, 1.82) is 5.26 Å². The quantitative estimate of drug-likeness (QED) is 0.380. The number of carbonyl (C=O) groups excluding carboxylic acids is 2. The monoisotopic (exact) mass is 509 g/mol. The van der Waals surface area contributed by atoms with Crippen LogP contribution in [0.15, 0.2) is 54.1 Å². The Labute approximate surface area is 212 Å². The molecule has 2 aliphatic carbocycles. The topological polar surface area (TPSA) is 73.6 Å². The minimum atomic E-state index is -4.72. The predicted molar refractivity (Wildman–Crippen MR) is 131 cm³/mol. The van der Waals surface area contributed by atoms with Gasteiger partial charge in [0.25, 0.3) is 5.91 Å². The molecule has 0 bridgehead atoms. The summed E-state index contributed by atoms with van der Waals surface area (Å²) in [7, 11) is 1.36. The number of hydrogen-bond acceptors (Lipinski definition) is 5. The van der Waals surface area contributed by atoms with Gasteiger partial charge in [-0.1, -0.05) is 12.1 Å². The zero-order valence-corrected chi connectivity index (χ0v) is 20.6. The van der Waals surface area contributed by atoms with E-state index in [0.29, 0.717) is 32.1 Å². The van der Waals surface area contributed by atoms with Gasteiger partial charge in [0, 0.05) is 17.8 Å². The molecule has 37 heavy (non-hydrogen) atoms. The summed E-state index contributed by atoms with van der Waals surface area (Å²) in [6.45, 7) is 1.88. The van der Waals surface area contributed by atoms with Crippen molar-refractivity contribution >= 4 is 23.3 Å². The van der Waals surface area contributed by atoms with Gasteiger partial charge in [0.2, 0.25) is 0 Å². The first-order chi connectivity index (χ1) is 17.6. The molecule has 5 rings (SSSR count). The van der Waals surface area contributed by atoms with Crippen molar-refractivity contribution in [2.24, 2.45) is 0 Å². The van der Waals surface area contributed by atoms with E-state index < -0.39 is 28.5 Å². The van der Waals surface area contributed by atoms with E-state index in [4.69, 9.17) is 0 Å². The van der Waals surface area contributed by atoms with Gasteiger partial charge in [-0.2, -0.15) is 18.4 Å². The highest BCUT2D eigenvalue weighted by Crippen LogP contribution is 2.60. The van der Waals surface area contributed by atoms with E-state index >= 15 is 0 Å². The SMILES string of the molecule is COC(=O)CCCc1ccc(N2C3(CCC3)C(=O)N(c3ccc(C#N)c(C(F)(F)F)c3)C23C=C3C)cc1. The summed E-state index contributed by atoms with van der Waals surface area (Å²) in [5, 5.41) is 9.21. The molecule has 2 fully saturated rings. The van der Waals surface area contributed by atoms with Crippen molar-refractivity contribution in [3.63, 3.8) is 0 Å². The molecule has 1 unspecified atom stereocenters. The van der Waals surface area contributed by atoms with Crippen LogP contribution in [0.25, 0.3) is 0 Å². The van der Waals surface area contributed by atoms with Gasteiger partial charge in [0.05, 0.1) is 24.3 Å². The predicted octanol–water partition coefficient (Wildman–Crippen LogP) is 5.50. The molecule has 1 heterocycles. The molecule has 6 nitrogen and oxygen atoms in total. The van der Waals surface area contributed by atoms with Crippen LogP contribution in [0.3, 0.4) is 0 Å². The third-order valence-corrected chi connectivity index (χ3v) is 7.76. The molecular weight excluding hydrogens is 483 g/mol. The van der Waals surface area contributed by atoms with Crippen molar-refractivity contribution in [3.05, 3.63) is 70.8 Å². The van der Waals surface area contributed by atoms with Gasteiger partial charge in [0.15, 0.2) is 5.66 Å². The number of hydrogen-bond donors (Lipinski definition) is 0. The Bertz CT molecular complexity index is 1340. The summed E-state index contributed by atoms with van der Waals surface area (Å²) in [4.78, 5) is 28.9. The summed E-state index contributed by atoms with van der Waals surface area (Å²) >= 11 is 0. The van der Waals surface area contributed by atoms with E-state index in [-0.39, 0.29) is 17.6 Å². The summed E-state index contributed by atoms with van der Waals surface area (Å²) in [6, 6.07) is 12.9. The maximum absolute atomic E-state index is 14.0. The Morgan fingerprint density at radius 1 is 1.14 bits per heavy atom. The molecule has 1 amide bonds. The van der Waals surface area contributed by atoms with Crippen LogP contribution < -0.4 is 9.80 Å². The van der Waals surface area contributed by atoms with Crippen molar-refractivity contribution in [3.8, 4) is 6.07 Å². The molecule has 1 aliphatic heterocycles. The molecule has 0 N–H and O–H groups in total. The lowest BCUT2D eigenvalue weighted by Crippen LogP contribution is -2.57. The van der Waals surface area contributed by atoms with Gasteiger partial charge in [-0.05, 0) is 86.6 Å². The fourth-order valence-corrected chi connectivity index (χ4v) is 5.69. The largest absolute Gasteiger partial charge is 0.469 e. The molecule has 1 saturated carbocycles. The average molecular weight is 510 g/mol. The number of ether oxygens (including phenoxy) is 1. The first kappa shape index (κ1) is 24.9. The highest BCUT2D eigenvalue weighted by atomic mass is 19.4. The van der Waals surface area contributed by atoms with Gasteiger partial charge in [-0.15, -0.1) is 0 Å². The van der Waals surface area contributed by atoms with Gasteiger partial charge < -0.3 is 9.64 Å². The van der Waals surface area contributed by atoms with E-state index in [2.05, 4.69) is 9.64 Å². The van der Waals surface area contributed by atoms with Crippen molar-refractivity contribution in [2.45, 2.75) is 62.8 Å². The standard InChI is InChI=1S/C28H26F3N3O3/c1-18-16-27(18)33(22-12-9-20(17-32)23(15-22)28(29,30)31)25(36)26(13-4-14-26)34(27)21-10-7-19(8-11-21)5-3-6-24(35)37-2/h7-12,15-16H,3-6,13-14H2,1-2H3. The van der Waals surface area contributed by atoms with Crippen LogP contribution in [0.2, 0.25) is 0 Å². The van der Waals surface area contributed by atoms with Crippen LogP contribution in [0.5, 0.6) is 0 Å². The Balaban J connectivity index is 1.51. The lowest BCUT2D eigenvalue weighted by molar-refractivity contribution is -0.140.